The Morgan fingerprint density at radius 2 is 2.00 bits per heavy atom. The monoisotopic (exact) mass is 236 g/mol. The van der Waals surface area contributed by atoms with Crippen molar-refractivity contribution >= 4 is 21.6 Å². The van der Waals surface area contributed by atoms with Crippen LogP contribution in [0.2, 0.25) is 0 Å². The molecule has 0 fully saturated rings. The lowest BCUT2D eigenvalue weighted by Crippen LogP contribution is -2.13. The summed E-state index contributed by atoms with van der Waals surface area (Å²) in [7, 11) is 0. The molecule has 0 aliphatic carbocycles. The maximum atomic E-state index is 11.9. The van der Waals surface area contributed by atoms with Gasteiger partial charge in [0.15, 0.2) is 0 Å². The first-order valence-corrected chi connectivity index (χ1v) is 6.39. The number of hydrogen-bond donors (Lipinski definition) is 1. The molecule has 0 unspecified atom stereocenters. The minimum absolute atomic E-state index is 0.147. The summed E-state index contributed by atoms with van der Waals surface area (Å²) in [6.07, 6.45) is 3.17. The van der Waals surface area contributed by atoms with Crippen LogP contribution in [0.15, 0.2) is 29.1 Å². The molecular formula is C12H16N2OS. The maximum Gasteiger partial charge on any atom is 0.268 e. The Hall–Kier alpha value is -1.13. The van der Waals surface area contributed by atoms with E-state index < -0.39 is 0 Å². The minimum Gasteiger partial charge on any atom is -0.330 e. The number of hydrogen-bond acceptors (Lipinski definition) is 3. The summed E-state index contributed by atoms with van der Waals surface area (Å²) in [4.78, 5) is 11.9. The molecule has 0 radical (unpaired) electrons. The molecule has 4 heteroatoms. The average Bonchev–Trinajstić information content (AvgIpc) is 2.63. The zero-order valence-corrected chi connectivity index (χ0v) is 10.0. The molecule has 2 rings (SSSR count). The van der Waals surface area contributed by atoms with E-state index in [2.05, 4.69) is 0 Å². The molecule has 1 aromatic carbocycles. The number of nitrogens with zero attached hydrogens (tertiary/aromatic N) is 1. The van der Waals surface area contributed by atoms with Crippen LogP contribution in [0.4, 0.5) is 0 Å². The molecule has 2 N–H and O–H groups in total. The number of nitrogens with two attached hydrogens (primary N) is 1. The standard InChI is InChI=1S/C12H16N2OS/c13-8-4-1-5-9-14-12(15)10-6-2-3-7-11(10)16-14/h2-3,6-7H,1,4-5,8-9,13H2. The summed E-state index contributed by atoms with van der Waals surface area (Å²) in [5, 5.41) is 0.839. The highest BCUT2D eigenvalue weighted by Gasteiger charge is 2.05. The number of aryl methyl sites for hydroxylation is 1. The fraction of sp³-hybridized carbons (Fsp3) is 0.417. The highest BCUT2D eigenvalue weighted by molar-refractivity contribution is 7.13. The van der Waals surface area contributed by atoms with Crippen LogP contribution in [0.5, 0.6) is 0 Å². The van der Waals surface area contributed by atoms with E-state index in [1.165, 1.54) is 0 Å². The second kappa shape index (κ2) is 5.27. The first kappa shape index (κ1) is 11.4. The van der Waals surface area contributed by atoms with Crippen molar-refractivity contribution in [2.75, 3.05) is 6.54 Å². The van der Waals surface area contributed by atoms with Gasteiger partial charge in [-0.1, -0.05) is 30.1 Å². The third-order valence-electron chi connectivity index (χ3n) is 2.62. The smallest absolute Gasteiger partial charge is 0.268 e. The first-order chi connectivity index (χ1) is 7.83. The van der Waals surface area contributed by atoms with Crippen molar-refractivity contribution in [3.63, 3.8) is 0 Å². The van der Waals surface area contributed by atoms with Gasteiger partial charge in [-0.3, -0.25) is 8.75 Å². The topological polar surface area (TPSA) is 48.0 Å². The Bertz CT molecular complexity index is 515. The van der Waals surface area contributed by atoms with Crippen LogP contribution in [0.1, 0.15) is 19.3 Å². The van der Waals surface area contributed by atoms with E-state index in [9.17, 15) is 4.79 Å². The molecule has 1 aromatic heterocycles. The van der Waals surface area contributed by atoms with Crippen molar-refractivity contribution in [1.29, 1.82) is 0 Å². The van der Waals surface area contributed by atoms with Gasteiger partial charge in [0.05, 0.1) is 10.1 Å². The lowest BCUT2D eigenvalue weighted by atomic mass is 10.2. The van der Waals surface area contributed by atoms with Gasteiger partial charge < -0.3 is 5.73 Å². The molecule has 0 bridgehead atoms. The fourth-order valence-electron chi connectivity index (χ4n) is 1.74. The van der Waals surface area contributed by atoms with Crippen LogP contribution in [-0.4, -0.2) is 10.5 Å². The summed E-state index contributed by atoms with van der Waals surface area (Å²) in [5.41, 5.74) is 5.58. The van der Waals surface area contributed by atoms with E-state index in [1.54, 1.807) is 11.5 Å². The zero-order chi connectivity index (χ0) is 11.4. The van der Waals surface area contributed by atoms with Crippen LogP contribution in [0.25, 0.3) is 10.1 Å². The Kier molecular flexibility index (Phi) is 3.74. The molecule has 0 saturated carbocycles. The number of fused-ring (bicyclic) bond motifs is 1. The second-order valence-corrected chi connectivity index (χ2v) is 4.91. The first-order valence-electron chi connectivity index (χ1n) is 5.62. The van der Waals surface area contributed by atoms with E-state index in [1.807, 2.05) is 28.2 Å². The normalized spacial score (nSPS) is 11.1. The van der Waals surface area contributed by atoms with Crippen LogP contribution in [-0.2, 0) is 6.54 Å². The van der Waals surface area contributed by atoms with E-state index in [0.717, 1.165) is 42.4 Å². The predicted octanol–water partition coefficient (Wildman–Crippen LogP) is 2.19. The van der Waals surface area contributed by atoms with Gasteiger partial charge in [0, 0.05) is 6.54 Å². The highest BCUT2D eigenvalue weighted by atomic mass is 32.1. The summed E-state index contributed by atoms with van der Waals surface area (Å²) in [6.45, 7) is 1.56. The molecule has 0 saturated heterocycles. The van der Waals surface area contributed by atoms with Crippen molar-refractivity contribution in [3.05, 3.63) is 34.6 Å². The molecule has 1 heterocycles. The average molecular weight is 236 g/mol. The van der Waals surface area contributed by atoms with Gasteiger partial charge in [-0.25, -0.2) is 0 Å². The minimum atomic E-state index is 0.147. The van der Waals surface area contributed by atoms with Crippen molar-refractivity contribution in [3.8, 4) is 0 Å². The molecule has 16 heavy (non-hydrogen) atoms. The van der Waals surface area contributed by atoms with Gasteiger partial charge in [0.1, 0.15) is 0 Å². The van der Waals surface area contributed by atoms with E-state index in [-0.39, 0.29) is 5.56 Å². The van der Waals surface area contributed by atoms with Crippen molar-refractivity contribution < 1.29 is 0 Å². The Balaban J connectivity index is 2.13. The summed E-state index contributed by atoms with van der Waals surface area (Å²) < 4.78 is 2.92. The molecule has 0 spiro atoms. The molecule has 0 atom stereocenters. The molecule has 2 aromatic rings. The number of rotatable bonds is 5. The third-order valence-corrected chi connectivity index (χ3v) is 3.74. The molecule has 0 aliphatic rings. The lowest BCUT2D eigenvalue weighted by molar-refractivity contribution is 0.610. The second-order valence-electron chi connectivity index (χ2n) is 3.84. The fourth-order valence-corrected chi connectivity index (χ4v) is 2.77. The van der Waals surface area contributed by atoms with E-state index in [0.29, 0.717) is 0 Å². The molecular weight excluding hydrogens is 220 g/mol. The highest BCUT2D eigenvalue weighted by Crippen LogP contribution is 2.16. The van der Waals surface area contributed by atoms with Crippen LogP contribution in [0, 0.1) is 0 Å². The van der Waals surface area contributed by atoms with Gasteiger partial charge in [-0.2, -0.15) is 0 Å². The Morgan fingerprint density at radius 1 is 1.19 bits per heavy atom. The maximum absolute atomic E-state index is 11.9. The van der Waals surface area contributed by atoms with Crippen LogP contribution < -0.4 is 11.3 Å². The van der Waals surface area contributed by atoms with Crippen molar-refractivity contribution in [1.82, 2.24) is 3.96 Å². The quantitative estimate of drug-likeness (QED) is 0.809. The van der Waals surface area contributed by atoms with Crippen molar-refractivity contribution in [2.24, 2.45) is 5.73 Å². The van der Waals surface area contributed by atoms with Crippen molar-refractivity contribution in [2.45, 2.75) is 25.8 Å². The zero-order valence-electron chi connectivity index (χ0n) is 9.19. The van der Waals surface area contributed by atoms with Gasteiger partial charge >= 0.3 is 0 Å². The van der Waals surface area contributed by atoms with E-state index >= 15 is 0 Å². The summed E-state index contributed by atoms with van der Waals surface area (Å²) in [5.74, 6) is 0. The van der Waals surface area contributed by atoms with Crippen LogP contribution >= 0.6 is 11.5 Å². The predicted molar refractivity (Wildman–Crippen MR) is 69.0 cm³/mol. The molecule has 0 amide bonds. The molecule has 86 valence electrons. The molecule has 3 nitrogen and oxygen atoms in total. The Labute approximate surface area is 98.7 Å². The number of benzene rings is 1. The van der Waals surface area contributed by atoms with Gasteiger partial charge in [0.25, 0.3) is 5.56 Å². The van der Waals surface area contributed by atoms with Gasteiger partial charge in [0.2, 0.25) is 0 Å². The summed E-state index contributed by atoms with van der Waals surface area (Å²) >= 11 is 1.55. The lowest BCUT2D eigenvalue weighted by Gasteiger charge is -1.99. The molecule has 0 aliphatic heterocycles. The number of unbranched alkanes of at least 4 members (excludes halogenated alkanes) is 2. The summed E-state index contributed by atoms with van der Waals surface area (Å²) in [6, 6.07) is 7.77. The number of aromatic nitrogens is 1. The van der Waals surface area contributed by atoms with Crippen LogP contribution in [0.3, 0.4) is 0 Å². The Morgan fingerprint density at radius 3 is 2.75 bits per heavy atom. The largest absolute Gasteiger partial charge is 0.330 e. The van der Waals surface area contributed by atoms with Gasteiger partial charge in [-0.05, 0) is 31.5 Å². The van der Waals surface area contributed by atoms with Gasteiger partial charge in [-0.15, -0.1) is 0 Å². The van der Waals surface area contributed by atoms with E-state index in [4.69, 9.17) is 5.73 Å². The third kappa shape index (κ3) is 2.33. The SMILES string of the molecule is NCCCCCn1sc2ccccc2c1=O.